The number of nitrogens with one attached hydrogen (secondary N) is 1. The largest absolute Gasteiger partial charge is 0.396 e. The van der Waals surface area contributed by atoms with Crippen molar-refractivity contribution >= 4 is 0 Å². The molecule has 0 radical (unpaired) electrons. The normalized spacial score (nSPS) is 11.8. The molecule has 18 heavy (non-hydrogen) atoms. The molecule has 1 aromatic carbocycles. The topological polar surface area (TPSA) is 32.3 Å². The number of aliphatic hydroxyl groups excluding tert-OH is 1. The van der Waals surface area contributed by atoms with Gasteiger partial charge in [0.1, 0.15) is 5.82 Å². The van der Waals surface area contributed by atoms with Crippen LogP contribution in [-0.2, 0) is 6.54 Å². The fourth-order valence-electron chi connectivity index (χ4n) is 2.30. The minimum absolute atomic E-state index is 0.155. The van der Waals surface area contributed by atoms with E-state index >= 15 is 0 Å². The number of benzene rings is 1. The first-order chi connectivity index (χ1) is 8.65. The number of hydrogen-bond donors (Lipinski definition) is 2. The SMILES string of the molecule is CCC(CC)(CCO)CNCc1cccc(F)c1. The van der Waals surface area contributed by atoms with Crippen LogP contribution in [0.2, 0.25) is 0 Å². The Morgan fingerprint density at radius 1 is 1.28 bits per heavy atom. The van der Waals surface area contributed by atoms with Gasteiger partial charge in [0.05, 0.1) is 0 Å². The molecule has 0 unspecified atom stereocenters. The minimum atomic E-state index is -0.193. The summed E-state index contributed by atoms with van der Waals surface area (Å²) in [5.41, 5.74) is 1.11. The van der Waals surface area contributed by atoms with Gasteiger partial charge in [-0.05, 0) is 42.4 Å². The monoisotopic (exact) mass is 253 g/mol. The van der Waals surface area contributed by atoms with Gasteiger partial charge in [0, 0.05) is 19.7 Å². The number of rotatable bonds is 8. The number of aliphatic hydroxyl groups is 1. The van der Waals surface area contributed by atoms with E-state index in [9.17, 15) is 4.39 Å². The van der Waals surface area contributed by atoms with Crippen molar-refractivity contribution in [2.45, 2.75) is 39.7 Å². The molecule has 102 valence electrons. The Morgan fingerprint density at radius 2 is 2.00 bits per heavy atom. The van der Waals surface area contributed by atoms with E-state index in [0.717, 1.165) is 31.4 Å². The zero-order valence-electron chi connectivity index (χ0n) is 11.4. The van der Waals surface area contributed by atoms with Crippen LogP contribution in [0, 0.1) is 11.2 Å². The van der Waals surface area contributed by atoms with Crippen LogP contribution in [0.1, 0.15) is 38.7 Å². The van der Waals surface area contributed by atoms with Gasteiger partial charge in [-0.2, -0.15) is 0 Å². The number of halogens is 1. The quantitative estimate of drug-likeness (QED) is 0.746. The maximum Gasteiger partial charge on any atom is 0.123 e. The summed E-state index contributed by atoms with van der Waals surface area (Å²) in [7, 11) is 0. The molecule has 2 nitrogen and oxygen atoms in total. The van der Waals surface area contributed by atoms with E-state index in [2.05, 4.69) is 19.2 Å². The lowest BCUT2D eigenvalue weighted by molar-refractivity contribution is 0.163. The van der Waals surface area contributed by atoms with Crippen molar-refractivity contribution < 1.29 is 9.50 Å². The molecular formula is C15H24FNO. The summed E-state index contributed by atoms with van der Waals surface area (Å²) < 4.78 is 13.0. The van der Waals surface area contributed by atoms with E-state index in [-0.39, 0.29) is 17.8 Å². The summed E-state index contributed by atoms with van der Waals surface area (Å²) in [6, 6.07) is 6.66. The zero-order valence-corrected chi connectivity index (χ0v) is 11.4. The molecule has 0 atom stereocenters. The van der Waals surface area contributed by atoms with Gasteiger partial charge in [-0.25, -0.2) is 4.39 Å². The Labute approximate surface area is 109 Å². The third-order valence-electron chi connectivity index (χ3n) is 3.86. The molecule has 1 rings (SSSR count). The van der Waals surface area contributed by atoms with Crippen molar-refractivity contribution in [2.24, 2.45) is 5.41 Å². The fraction of sp³-hybridized carbons (Fsp3) is 0.600. The molecular weight excluding hydrogens is 229 g/mol. The Hall–Kier alpha value is -0.930. The van der Waals surface area contributed by atoms with E-state index in [0.29, 0.717) is 6.54 Å². The summed E-state index contributed by atoms with van der Waals surface area (Å²) in [4.78, 5) is 0. The Morgan fingerprint density at radius 3 is 2.56 bits per heavy atom. The van der Waals surface area contributed by atoms with Crippen molar-refractivity contribution in [2.75, 3.05) is 13.2 Å². The van der Waals surface area contributed by atoms with Crippen LogP contribution in [0.15, 0.2) is 24.3 Å². The third-order valence-corrected chi connectivity index (χ3v) is 3.86. The lowest BCUT2D eigenvalue weighted by atomic mass is 9.79. The van der Waals surface area contributed by atoms with Gasteiger partial charge in [-0.1, -0.05) is 26.0 Å². The van der Waals surface area contributed by atoms with Crippen molar-refractivity contribution in [3.8, 4) is 0 Å². The van der Waals surface area contributed by atoms with Crippen LogP contribution in [-0.4, -0.2) is 18.3 Å². The summed E-state index contributed by atoms with van der Waals surface area (Å²) >= 11 is 0. The molecule has 0 saturated heterocycles. The fourth-order valence-corrected chi connectivity index (χ4v) is 2.30. The van der Waals surface area contributed by atoms with Gasteiger partial charge in [-0.3, -0.25) is 0 Å². The average Bonchev–Trinajstić information content (AvgIpc) is 2.38. The molecule has 0 aliphatic heterocycles. The predicted octanol–water partition coefficient (Wildman–Crippen LogP) is 3.10. The highest BCUT2D eigenvalue weighted by Crippen LogP contribution is 2.29. The second-order valence-corrected chi connectivity index (χ2v) is 4.91. The standard InChI is InChI=1S/C15H24FNO/c1-3-15(4-2,8-9-18)12-17-11-13-6-5-7-14(16)10-13/h5-7,10,17-18H,3-4,8-9,11-12H2,1-2H3. The van der Waals surface area contributed by atoms with Crippen LogP contribution in [0.25, 0.3) is 0 Å². The van der Waals surface area contributed by atoms with E-state index in [4.69, 9.17) is 5.11 Å². The van der Waals surface area contributed by atoms with Crippen LogP contribution in [0.4, 0.5) is 4.39 Å². The summed E-state index contributed by atoms with van der Waals surface area (Å²) in [6.45, 7) is 6.07. The average molecular weight is 253 g/mol. The van der Waals surface area contributed by atoms with Crippen LogP contribution >= 0.6 is 0 Å². The summed E-state index contributed by atoms with van der Waals surface area (Å²) in [5.74, 6) is -0.193. The Bertz CT molecular complexity index is 350. The highest BCUT2D eigenvalue weighted by Gasteiger charge is 2.24. The highest BCUT2D eigenvalue weighted by atomic mass is 19.1. The second kappa shape index (κ2) is 7.49. The molecule has 0 bridgehead atoms. The molecule has 2 N–H and O–H groups in total. The maximum atomic E-state index is 13.0. The van der Waals surface area contributed by atoms with E-state index in [1.807, 2.05) is 6.07 Å². The lowest BCUT2D eigenvalue weighted by Crippen LogP contribution is -2.34. The molecule has 0 amide bonds. The van der Waals surface area contributed by atoms with Crippen molar-refractivity contribution in [1.82, 2.24) is 5.32 Å². The lowest BCUT2D eigenvalue weighted by Gasteiger charge is -2.31. The zero-order chi connectivity index (χ0) is 13.4. The van der Waals surface area contributed by atoms with Crippen molar-refractivity contribution in [3.05, 3.63) is 35.6 Å². The first kappa shape index (κ1) is 15.1. The van der Waals surface area contributed by atoms with Crippen molar-refractivity contribution in [1.29, 1.82) is 0 Å². The molecule has 3 heteroatoms. The van der Waals surface area contributed by atoms with Gasteiger partial charge in [-0.15, -0.1) is 0 Å². The van der Waals surface area contributed by atoms with Gasteiger partial charge in [0.2, 0.25) is 0 Å². The van der Waals surface area contributed by atoms with Gasteiger partial charge >= 0.3 is 0 Å². The number of hydrogen-bond acceptors (Lipinski definition) is 2. The molecule has 0 aliphatic rings. The van der Waals surface area contributed by atoms with Gasteiger partial charge < -0.3 is 10.4 Å². The highest BCUT2D eigenvalue weighted by molar-refractivity contribution is 5.15. The van der Waals surface area contributed by atoms with Crippen LogP contribution < -0.4 is 5.32 Å². The Balaban J connectivity index is 2.48. The Kier molecular flexibility index (Phi) is 6.30. The molecule has 0 aliphatic carbocycles. The van der Waals surface area contributed by atoms with E-state index in [1.54, 1.807) is 12.1 Å². The first-order valence-electron chi connectivity index (χ1n) is 6.72. The maximum absolute atomic E-state index is 13.0. The van der Waals surface area contributed by atoms with Crippen LogP contribution in [0.3, 0.4) is 0 Å². The summed E-state index contributed by atoms with van der Waals surface area (Å²) in [6.07, 6.45) is 2.90. The molecule has 1 aromatic rings. The predicted molar refractivity (Wildman–Crippen MR) is 72.8 cm³/mol. The molecule has 0 saturated carbocycles. The molecule has 0 heterocycles. The van der Waals surface area contributed by atoms with Gasteiger partial charge in [0.15, 0.2) is 0 Å². The second-order valence-electron chi connectivity index (χ2n) is 4.91. The first-order valence-corrected chi connectivity index (χ1v) is 6.72. The van der Waals surface area contributed by atoms with Crippen LogP contribution in [0.5, 0.6) is 0 Å². The van der Waals surface area contributed by atoms with E-state index < -0.39 is 0 Å². The molecule has 0 fully saturated rings. The van der Waals surface area contributed by atoms with Gasteiger partial charge in [0.25, 0.3) is 0 Å². The molecule has 0 spiro atoms. The van der Waals surface area contributed by atoms with Crippen molar-refractivity contribution in [3.63, 3.8) is 0 Å². The smallest absolute Gasteiger partial charge is 0.123 e. The minimum Gasteiger partial charge on any atom is -0.396 e. The molecule has 0 aromatic heterocycles. The summed E-state index contributed by atoms with van der Waals surface area (Å²) in [5, 5.41) is 12.5. The van der Waals surface area contributed by atoms with E-state index in [1.165, 1.54) is 6.07 Å². The third kappa shape index (κ3) is 4.39.